The van der Waals surface area contributed by atoms with E-state index in [2.05, 4.69) is 37.9 Å². The number of ether oxygens (including phenoxy) is 1. The van der Waals surface area contributed by atoms with Gasteiger partial charge in [-0.15, -0.1) is 0 Å². The van der Waals surface area contributed by atoms with Gasteiger partial charge >= 0.3 is 12.1 Å². The zero-order chi connectivity index (χ0) is 19.4. The van der Waals surface area contributed by atoms with Crippen molar-refractivity contribution < 1.29 is 19.4 Å². The minimum Gasteiger partial charge on any atom is -0.481 e. The molecule has 25 heavy (non-hydrogen) atoms. The van der Waals surface area contributed by atoms with E-state index < -0.39 is 17.1 Å². The molecule has 0 saturated carbocycles. The summed E-state index contributed by atoms with van der Waals surface area (Å²) in [5, 5.41) is 12.6. The Balaban J connectivity index is 2.59. The van der Waals surface area contributed by atoms with Gasteiger partial charge in [-0.25, -0.2) is 4.79 Å². The fraction of sp³-hybridized carbons (Fsp3) is 0.889. The standard InChI is InChI=1S/C18H35N3O4/c1-13(2)21(14(3)4)9-8-19-18(10-15(22)23)11-20(12-18)16(24)25-17(5,6)7/h13-14,19H,8-12H2,1-7H3,(H,22,23). The van der Waals surface area contributed by atoms with Gasteiger partial charge in [0.15, 0.2) is 0 Å². The van der Waals surface area contributed by atoms with E-state index in [-0.39, 0.29) is 12.5 Å². The Kier molecular flexibility index (Phi) is 7.26. The molecule has 0 unspecified atom stereocenters. The highest BCUT2D eigenvalue weighted by Crippen LogP contribution is 2.26. The molecule has 7 nitrogen and oxygen atoms in total. The summed E-state index contributed by atoms with van der Waals surface area (Å²) in [7, 11) is 0. The van der Waals surface area contributed by atoms with E-state index in [1.54, 1.807) is 4.90 Å². The van der Waals surface area contributed by atoms with Gasteiger partial charge in [0, 0.05) is 38.3 Å². The van der Waals surface area contributed by atoms with Crippen LogP contribution in [0.5, 0.6) is 0 Å². The maximum Gasteiger partial charge on any atom is 0.410 e. The summed E-state index contributed by atoms with van der Waals surface area (Å²) < 4.78 is 5.35. The number of carbonyl (C=O) groups is 2. The molecule has 0 aromatic heterocycles. The van der Waals surface area contributed by atoms with Gasteiger partial charge in [-0.2, -0.15) is 0 Å². The van der Waals surface area contributed by atoms with Crippen LogP contribution in [0.3, 0.4) is 0 Å². The van der Waals surface area contributed by atoms with Gasteiger partial charge in [0.05, 0.1) is 12.0 Å². The number of rotatable bonds is 8. The van der Waals surface area contributed by atoms with Gasteiger partial charge in [0.1, 0.15) is 5.60 Å². The second-order valence-corrected chi connectivity index (χ2v) is 8.54. The summed E-state index contributed by atoms with van der Waals surface area (Å²) >= 11 is 0. The summed E-state index contributed by atoms with van der Waals surface area (Å²) in [6, 6.07) is 0.855. The first-order chi connectivity index (χ1) is 11.4. The molecule has 0 radical (unpaired) electrons. The second-order valence-electron chi connectivity index (χ2n) is 8.54. The van der Waals surface area contributed by atoms with Gasteiger partial charge in [0.2, 0.25) is 0 Å². The normalized spacial score (nSPS) is 17.1. The Morgan fingerprint density at radius 2 is 1.72 bits per heavy atom. The molecule has 1 amide bonds. The van der Waals surface area contributed by atoms with Gasteiger partial charge in [-0.05, 0) is 48.5 Å². The van der Waals surface area contributed by atoms with Crippen LogP contribution in [0, 0.1) is 0 Å². The topological polar surface area (TPSA) is 82.1 Å². The molecule has 1 fully saturated rings. The van der Waals surface area contributed by atoms with Crippen molar-refractivity contribution in [3.8, 4) is 0 Å². The Bertz CT molecular complexity index is 457. The zero-order valence-electron chi connectivity index (χ0n) is 16.8. The summed E-state index contributed by atoms with van der Waals surface area (Å²) in [5.41, 5.74) is -1.12. The van der Waals surface area contributed by atoms with E-state index in [1.807, 2.05) is 20.8 Å². The third kappa shape index (κ3) is 6.82. The average Bonchev–Trinajstić information content (AvgIpc) is 2.35. The first-order valence-corrected chi connectivity index (χ1v) is 9.06. The maximum atomic E-state index is 12.1. The van der Waals surface area contributed by atoms with Crippen molar-refractivity contribution in [1.82, 2.24) is 15.1 Å². The number of aliphatic carboxylic acids is 1. The average molecular weight is 357 g/mol. The molecule has 7 heteroatoms. The molecule has 1 saturated heterocycles. The van der Waals surface area contributed by atoms with Crippen LogP contribution in [0.1, 0.15) is 54.9 Å². The minimum absolute atomic E-state index is 0.00431. The zero-order valence-corrected chi connectivity index (χ0v) is 16.8. The number of hydrogen-bond acceptors (Lipinski definition) is 5. The highest BCUT2D eigenvalue weighted by molar-refractivity contribution is 5.73. The number of carbonyl (C=O) groups excluding carboxylic acids is 1. The Labute approximate surface area is 151 Å². The summed E-state index contributed by atoms with van der Waals surface area (Å²) in [6.45, 7) is 16.3. The van der Waals surface area contributed by atoms with E-state index in [1.165, 1.54) is 0 Å². The van der Waals surface area contributed by atoms with Gasteiger partial charge in [-0.1, -0.05) is 0 Å². The van der Waals surface area contributed by atoms with Crippen molar-refractivity contribution >= 4 is 12.1 Å². The second kappa shape index (κ2) is 8.36. The van der Waals surface area contributed by atoms with Gasteiger partial charge < -0.3 is 20.1 Å². The van der Waals surface area contributed by atoms with Crippen LogP contribution in [0.25, 0.3) is 0 Å². The number of nitrogens with zero attached hydrogens (tertiary/aromatic N) is 2. The number of amides is 1. The summed E-state index contributed by atoms with van der Waals surface area (Å²) in [5.74, 6) is -0.860. The van der Waals surface area contributed by atoms with E-state index >= 15 is 0 Å². The Morgan fingerprint density at radius 3 is 2.12 bits per heavy atom. The molecule has 0 bridgehead atoms. The highest BCUT2D eigenvalue weighted by atomic mass is 16.6. The number of hydrogen-bond donors (Lipinski definition) is 2. The van der Waals surface area contributed by atoms with Crippen molar-refractivity contribution in [3.63, 3.8) is 0 Å². The molecule has 1 aliphatic rings. The minimum atomic E-state index is -0.860. The van der Waals surface area contributed by atoms with Crippen molar-refractivity contribution in [1.29, 1.82) is 0 Å². The highest BCUT2D eigenvalue weighted by Gasteiger charge is 2.47. The molecule has 0 aromatic carbocycles. The van der Waals surface area contributed by atoms with Crippen molar-refractivity contribution in [2.45, 2.75) is 78.1 Å². The van der Waals surface area contributed by atoms with E-state index in [9.17, 15) is 14.7 Å². The lowest BCUT2D eigenvalue weighted by atomic mass is 9.86. The van der Waals surface area contributed by atoms with Crippen LogP contribution in [0.15, 0.2) is 0 Å². The molecule has 0 spiro atoms. The number of carboxylic acid groups (broad SMARTS) is 1. The third-order valence-corrected chi connectivity index (χ3v) is 4.32. The maximum absolute atomic E-state index is 12.1. The molecule has 1 heterocycles. The SMILES string of the molecule is CC(C)N(CCNC1(CC(=O)O)CN(C(=O)OC(C)(C)C)C1)C(C)C. The quantitative estimate of drug-likeness (QED) is 0.693. The first kappa shape index (κ1) is 21.7. The van der Waals surface area contributed by atoms with E-state index in [4.69, 9.17) is 4.74 Å². The molecular formula is C18H35N3O4. The van der Waals surface area contributed by atoms with Crippen molar-refractivity contribution in [3.05, 3.63) is 0 Å². The molecule has 2 N–H and O–H groups in total. The fourth-order valence-corrected chi connectivity index (χ4v) is 3.28. The van der Waals surface area contributed by atoms with Gasteiger partial charge in [0.25, 0.3) is 0 Å². The summed E-state index contributed by atoms with van der Waals surface area (Å²) in [4.78, 5) is 27.2. The summed E-state index contributed by atoms with van der Waals surface area (Å²) in [6.07, 6.45) is -0.392. The lowest BCUT2D eigenvalue weighted by Crippen LogP contribution is -2.71. The van der Waals surface area contributed by atoms with E-state index in [0.717, 1.165) is 6.54 Å². The fourth-order valence-electron chi connectivity index (χ4n) is 3.28. The van der Waals surface area contributed by atoms with E-state index in [0.29, 0.717) is 31.7 Å². The number of carboxylic acids is 1. The molecule has 0 aliphatic carbocycles. The number of nitrogens with one attached hydrogen (secondary N) is 1. The van der Waals surface area contributed by atoms with Crippen LogP contribution in [0.4, 0.5) is 4.79 Å². The lowest BCUT2D eigenvalue weighted by molar-refractivity contribution is -0.141. The first-order valence-electron chi connectivity index (χ1n) is 9.06. The van der Waals surface area contributed by atoms with Crippen LogP contribution in [-0.2, 0) is 9.53 Å². The molecular weight excluding hydrogens is 322 g/mol. The van der Waals surface area contributed by atoms with Crippen LogP contribution in [0.2, 0.25) is 0 Å². The Morgan fingerprint density at radius 1 is 1.20 bits per heavy atom. The lowest BCUT2D eigenvalue weighted by Gasteiger charge is -2.50. The van der Waals surface area contributed by atoms with Crippen molar-refractivity contribution in [2.75, 3.05) is 26.2 Å². The third-order valence-electron chi connectivity index (χ3n) is 4.32. The molecule has 0 aromatic rings. The number of likely N-dealkylation sites (tertiary alicyclic amines) is 1. The largest absolute Gasteiger partial charge is 0.481 e. The van der Waals surface area contributed by atoms with Crippen LogP contribution < -0.4 is 5.32 Å². The predicted octanol–water partition coefficient (Wildman–Crippen LogP) is 2.16. The molecule has 1 aliphatic heterocycles. The van der Waals surface area contributed by atoms with Gasteiger partial charge in [-0.3, -0.25) is 9.69 Å². The molecule has 146 valence electrons. The Hall–Kier alpha value is -1.34. The van der Waals surface area contributed by atoms with Crippen LogP contribution >= 0.6 is 0 Å². The smallest absolute Gasteiger partial charge is 0.410 e. The van der Waals surface area contributed by atoms with Crippen LogP contribution in [-0.4, -0.2) is 76.4 Å². The molecule has 0 atom stereocenters. The van der Waals surface area contributed by atoms with Crippen molar-refractivity contribution in [2.24, 2.45) is 0 Å². The monoisotopic (exact) mass is 357 g/mol. The molecule has 1 rings (SSSR count). The predicted molar refractivity (Wildman–Crippen MR) is 97.8 cm³/mol.